The number of hydrogen-bond acceptors (Lipinski definition) is 4. The third-order valence-corrected chi connectivity index (χ3v) is 2.13. The van der Waals surface area contributed by atoms with Crippen LogP contribution in [0.1, 0.15) is 18.2 Å². The summed E-state index contributed by atoms with van der Waals surface area (Å²) >= 11 is 0. The summed E-state index contributed by atoms with van der Waals surface area (Å²) in [5, 5.41) is 15.1. The molecule has 0 saturated carbocycles. The van der Waals surface area contributed by atoms with Crippen molar-refractivity contribution >= 4 is 12.0 Å². The summed E-state index contributed by atoms with van der Waals surface area (Å²) < 4.78 is 1.68. The van der Waals surface area contributed by atoms with Gasteiger partial charge in [0.25, 0.3) is 0 Å². The Morgan fingerprint density at radius 1 is 1.56 bits per heavy atom. The van der Waals surface area contributed by atoms with Gasteiger partial charge in [0.15, 0.2) is 6.61 Å². The topological polar surface area (TPSA) is 105 Å². The zero-order chi connectivity index (χ0) is 13.5. The Morgan fingerprint density at radius 2 is 2.28 bits per heavy atom. The summed E-state index contributed by atoms with van der Waals surface area (Å²) in [7, 11) is 1.80. The first-order chi connectivity index (χ1) is 8.52. The van der Waals surface area contributed by atoms with Crippen molar-refractivity contribution in [1.82, 2.24) is 20.6 Å². The van der Waals surface area contributed by atoms with Crippen molar-refractivity contribution in [2.24, 2.45) is 7.05 Å². The SMILES string of the molecule is CCc1nn(C)cc1CNC(=O)NOCC(=O)O. The van der Waals surface area contributed by atoms with Gasteiger partial charge in [-0.25, -0.2) is 15.1 Å². The first-order valence-electron chi connectivity index (χ1n) is 5.41. The molecule has 0 atom stereocenters. The molecule has 0 fully saturated rings. The number of amides is 2. The van der Waals surface area contributed by atoms with Gasteiger partial charge in [0, 0.05) is 25.4 Å². The van der Waals surface area contributed by atoms with E-state index in [1.807, 2.05) is 18.6 Å². The number of carboxylic acid groups (broad SMARTS) is 1. The lowest BCUT2D eigenvalue weighted by Gasteiger charge is -2.06. The summed E-state index contributed by atoms with van der Waals surface area (Å²) in [5.41, 5.74) is 3.79. The van der Waals surface area contributed by atoms with Crippen LogP contribution < -0.4 is 10.8 Å². The lowest BCUT2D eigenvalue weighted by molar-refractivity contribution is -0.144. The molecule has 0 aromatic carbocycles. The predicted octanol–water partition coefficient (Wildman–Crippen LogP) is -0.202. The molecule has 18 heavy (non-hydrogen) atoms. The number of carbonyl (C=O) groups is 2. The van der Waals surface area contributed by atoms with E-state index in [0.717, 1.165) is 17.7 Å². The molecule has 8 heteroatoms. The van der Waals surface area contributed by atoms with Crippen LogP contribution >= 0.6 is 0 Å². The fourth-order valence-electron chi connectivity index (χ4n) is 1.40. The second-order valence-corrected chi connectivity index (χ2v) is 3.60. The standard InChI is InChI=1S/C10H16N4O4/c1-3-8-7(5-14(2)12-8)4-11-10(17)13-18-6-9(15)16/h5H,3-4,6H2,1-2H3,(H,15,16)(H2,11,13,17). The van der Waals surface area contributed by atoms with Gasteiger partial charge in [0.05, 0.1) is 5.69 Å². The van der Waals surface area contributed by atoms with E-state index in [-0.39, 0.29) is 0 Å². The summed E-state index contributed by atoms with van der Waals surface area (Å²) in [6, 6.07) is -0.595. The molecule has 1 heterocycles. The molecule has 1 aromatic heterocycles. The van der Waals surface area contributed by atoms with E-state index in [1.165, 1.54) is 0 Å². The van der Waals surface area contributed by atoms with Crippen molar-refractivity contribution < 1.29 is 19.5 Å². The number of nitrogens with one attached hydrogen (secondary N) is 2. The number of hydrogen-bond donors (Lipinski definition) is 3. The minimum absolute atomic E-state index is 0.305. The van der Waals surface area contributed by atoms with Crippen LogP contribution in [0.4, 0.5) is 4.79 Å². The van der Waals surface area contributed by atoms with Gasteiger partial charge in [-0.3, -0.25) is 9.52 Å². The Kier molecular flexibility index (Phi) is 5.12. The van der Waals surface area contributed by atoms with Gasteiger partial charge in [-0.1, -0.05) is 6.92 Å². The Balaban J connectivity index is 2.35. The van der Waals surface area contributed by atoms with Crippen molar-refractivity contribution in [1.29, 1.82) is 0 Å². The van der Waals surface area contributed by atoms with Crippen LogP contribution in [0.25, 0.3) is 0 Å². The van der Waals surface area contributed by atoms with E-state index in [1.54, 1.807) is 11.7 Å². The molecule has 0 spiro atoms. The highest BCUT2D eigenvalue weighted by atomic mass is 16.7. The van der Waals surface area contributed by atoms with Crippen LogP contribution in [0.2, 0.25) is 0 Å². The van der Waals surface area contributed by atoms with Gasteiger partial charge < -0.3 is 10.4 Å². The number of hydroxylamine groups is 1. The minimum Gasteiger partial charge on any atom is -0.479 e. The smallest absolute Gasteiger partial charge is 0.338 e. The normalized spacial score (nSPS) is 10.1. The quantitative estimate of drug-likeness (QED) is 0.611. The van der Waals surface area contributed by atoms with E-state index in [4.69, 9.17) is 5.11 Å². The zero-order valence-electron chi connectivity index (χ0n) is 10.3. The van der Waals surface area contributed by atoms with Crippen LogP contribution in [0.3, 0.4) is 0 Å². The third-order valence-electron chi connectivity index (χ3n) is 2.13. The fraction of sp³-hybridized carbons (Fsp3) is 0.500. The Labute approximate surface area is 104 Å². The number of carboxylic acids is 1. The maximum atomic E-state index is 11.2. The molecule has 100 valence electrons. The van der Waals surface area contributed by atoms with E-state index in [9.17, 15) is 9.59 Å². The Hall–Kier alpha value is -2.09. The molecule has 1 rings (SSSR count). The molecular weight excluding hydrogens is 240 g/mol. The van der Waals surface area contributed by atoms with E-state index in [2.05, 4.69) is 15.3 Å². The van der Waals surface area contributed by atoms with Crippen molar-refractivity contribution in [2.45, 2.75) is 19.9 Å². The molecule has 8 nitrogen and oxygen atoms in total. The highest BCUT2D eigenvalue weighted by molar-refractivity contribution is 5.73. The average molecular weight is 256 g/mol. The van der Waals surface area contributed by atoms with Crippen LogP contribution in [-0.4, -0.2) is 33.5 Å². The molecule has 0 aliphatic heterocycles. The molecule has 0 bridgehead atoms. The van der Waals surface area contributed by atoms with Crippen LogP contribution in [-0.2, 0) is 29.6 Å². The maximum absolute atomic E-state index is 11.2. The molecule has 0 aliphatic rings. The lowest BCUT2D eigenvalue weighted by atomic mass is 10.2. The largest absolute Gasteiger partial charge is 0.479 e. The van der Waals surface area contributed by atoms with E-state index >= 15 is 0 Å². The number of nitrogens with zero attached hydrogens (tertiary/aromatic N) is 2. The van der Waals surface area contributed by atoms with E-state index in [0.29, 0.717) is 6.54 Å². The zero-order valence-corrected chi connectivity index (χ0v) is 10.3. The molecular formula is C10H16N4O4. The Bertz CT molecular complexity index is 430. The van der Waals surface area contributed by atoms with Crippen LogP contribution in [0, 0.1) is 0 Å². The van der Waals surface area contributed by atoms with Gasteiger partial charge in [-0.15, -0.1) is 0 Å². The monoisotopic (exact) mass is 256 g/mol. The summed E-state index contributed by atoms with van der Waals surface area (Å²) in [6.07, 6.45) is 2.59. The van der Waals surface area contributed by atoms with Crippen molar-refractivity contribution in [3.8, 4) is 0 Å². The van der Waals surface area contributed by atoms with E-state index < -0.39 is 18.6 Å². The second-order valence-electron chi connectivity index (χ2n) is 3.60. The summed E-state index contributed by atoms with van der Waals surface area (Å²) in [4.78, 5) is 25.8. The van der Waals surface area contributed by atoms with Gasteiger partial charge in [0.1, 0.15) is 0 Å². The number of rotatable bonds is 6. The first kappa shape index (κ1) is 14.0. The summed E-state index contributed by atoms with van der Waals surface area (Å²) in [5.74, 6) is -1.16. The highest BCUT2D eigenvalue weighted by Gasteiger charge is 2.07. The van der Waals surface area contributed by atoms with Gasteiger partial charge in [-0.05, 0) is 6.42 Å². The highest BCUT2D eigenvalue weighted by Crippen LogP contribution is 2.06. The predicted molar refractivity (Wildman–Crippen MR) is 61.5 cm³/mol. The second kappa shape index (κ2) is 6.60. The fourth-order valence-corrected chi connectivity index (χ4v) is 1.40. The average Bonchev–Trinajstić information content (AvgIpc) is 2.66. The van der Waals surface area contributed by atoms with Gasteiger partial charge >= 0.3 is 12.0 Å². The minimum atomic E-state index is -1.16. The molecule has 0 unspecified atom stereocenters. The first-order valence-corrected chi connectivity index (χ1v) is 5.41. The Morgan fingerprint density at radius 3 is 2.89 bits per heavy atom. The number of urea groups is 1. The molecule has 0 aliphatic carbocycles. The van der Waals surface area contributed by atoms with Crippen molar-refractivity contribution in [3.05, 3.63) is 17.5 Å². The number of aliphatic carboxylic acids is 1. The molecule has 2 amide bonds. The number of aryl methyl sites for hydroxylation is 2. The number of aromatic nitrogens is 2. The number of carbonyl (C=O) groups excluding carboxylic acids is 1. The molecule has 3 N–H and O–H groups in total. The lowest BCUT2D eigenvalue weighted by Crippen LogP contribution is -2.36. The molecule has 1 aromatic rings. The summed E-state index contributed by atoms with van der Waals surface area (Å²) in [6.45, 7) is 1.70. The van der Waals surface area contributed by atoms with Crippen LogP contribution in [0.5, 0.6) is 0 Å². The molecule has 0 radical (unpaired) electrons. The van der Waals surface area contributed by atoms with Crippen molar-refractivity contribution in [3.63, 3.8) is 0 Å². The van der Waals surface area contributed by atoms with Crippen LogP contribution in [0.15, 0.2) is 6.20 Å². The molecule has 0 saturated heterocycles. The maximum Gasteiger partial charge on any atom is 0.338 e. The van der Waals surface area contributed by atoms with Gasteiger partial charge in [-0.2, -0.15) is 5.10 Å². The van der Waals surface area contributed by atoms with Crippen molar-refractivity contribution in [2.75, 3.05) is 6.61 Å². The third kappa shape index (κ3) is 4.42. The van der Waals surface area contributed by atoms with Gasteiger partial charge in [0.2, 0.25) is 0 Å².